The van der Waals surface area contributed by atoms with Gasteiger partial charge in [0.05, 0.1) is 16.6 Å². The number of fused-ring (bicyclic) bond motifs is 1. The lowest BCUT2D eigenvalue weighted by Gasteiger charge is -2.12. The zero-order valence-corrected chi connectivity index (χ0v) is 11.7. The highest BCUT2D eigenvalue weighted by molar-refractivity contribution is 5.85. The third kappa shape index (κ3) is 3.50. The normalized spacial score (nSPS) is 13.7. The predicted octanol–water partition coefficient (Wildman–Crippen LogP) is 1.87. The highest BCUT2D eigenvalue weighted by Gasteiger charge is 2.26. The summed E-state index contributed by atoms with van der Waals surface area (Å²) in [5.41, 5.74) is 11.9. The molecule has 1 aromatic carbocycles. The Balaban J connectivity index is 0.00000200. The average molecular weight is 304 g/mol. The number of nitrogens with two attached hydrogens (primary N) is 2. The molecule has 0 amide bonds. The lowest BCUT2D eigenvalue weighted by Crippen LogP contribution is -2.13. The first-order valence-electron chi connectivity index (χ1n) is 6.17. The molecule has 0 bridgehead atoms. The summed E-state index contributed by atoms with van der Waals surface area (Å²) in [6.45, 7) is 0.675. The number of ether oxygens (including phenoxy) is 2. The lowest BCUT2D eigenvalue weighted by atomic mass is 9.99. The van der Waals surface area contributed by atoms with Crippen molar-refractivity contribution in [1.82, 2.24) is 0 Å². The van der Waals surface area contributed by atoms with E-state index in [0.717, 1.165) is 12.8 Å². The summed E-state index contributed by atoms with van der Waals surface area (Å²) in [5.74, 6) is 0.902. The minimum absolute atomic E-state index is 0. The van der Waals surface area contributed by atoms with E-state index in [-0.39, 0.29) is 24.9 Å². The molecular formula is C12H18ClN3O4. The number of hydrogen-bond acceptors (Lipinski definition) is 6. The quantitative estimate of drug-likeness (QED) is 0.471. The van der Waals surface area contributed by atoms with E-state index in [1.54, 1.807) is 6.07 Å². The van der Waals surface area contributed by atoms with E-state index in [9.17, 15) is 10.1 Å². The van der Waals surface area contributed by atoms with Crippen LogP contribution >= 0.6 is 12.4 Å². The van der Waals surface area contributed by atoms with Crippen molar-refractivity contribution in [1.29, 1.82) is 0 Å². The van der Waals surface area contributed by atoms with Crippen molar-refractivity contribution in [3.05, 3.63) is 27.8 Å². The van der Waals surface area contributed by atoms with E-state index in [0.29, 0.717) is 30.0 Å². The molecule has 1 aromatic rings. The Kier molecular flexibility index (Phi) is 6.00. The van der Waals surface area contributed by atoms with E-state index in [1.165, 1.54) is 6.07 Å². The number of nitro groups is 1. The second-order valence-corrected chi connectivity index (χ2v) is 4.41. The molecule has 7 nitrogen and oxygen atoms in total. The van der Waals surface area contributed by atoms with Gasteiger partial charge in [-0.2, -0.15) is 0 Å². The molecule has 2 rings (SSSR count). The highest BCUT2D eigenvalue weighted by Crippen LogP contribution is 2.40. The fourth-order valence-electron chi connectivity index (χ4n) is 2.07. The standard InChI is InChI=1S/C12H17N3O4.ClH/c13-4-2-1-3-9(14)8-5-11-12(19-7-18-11)6-10(8)15(16)17;/h5-6,9H,1-4,7,13-14H2;1H/t9-;/m0./s1. The van der Waals surface area contributed by atoms with Gasteiger partial charge in [0.1, 0.15) is 0 Å². The van der Waals surface area contributed by atoms with Gasteiger partial charge in [-0.25, -0.2) is 0 Å². The van der Waals surface area contributed by atoms with Gasteiger partial charge in [-0.3, -0.25) is 10.1 Å². The van der Waals surface area contributed by atoms with E-state index in [1.807, 2.05) is 0 Å². The second kappa shape index (κ2) is 7.28. The molecule has 0 aliphatic carbocycles. The fraction of sp³-hybridized carbons (Fsp3) is 0.500. The lowest BCUT2D eigenvalue weighted by molar-refractivity contribution is -0.385. The van der Waals surface area contributed by atoms with E-state index >= 15 is 0 Å². The van der Waals surface area contributed by atoms with Gasteiger partial charge in [0.2, 0.25) is 6.79 Å². The molecule has 0 radical (unpaired) electrons. The number of nitro benzene ring substituents is 1. The van der Waals surface area contributed by atoms with Crippen molar-refractivity contribution in [2.75, 3.05) is 13.3 Å². The van der Waals surface area contributed by atoms with Crippen LogP contribution in [0.25, 0.3) is 0 Å². The maximum Gasteiger partial charge on any atom is 0.278 e. The van der Waals surface area contributed by atoms with Crippen molar-refractivity contribution in [3.63, 3.8) is 0 Å². The van der Waals surface area contributed by atoms with Gasteiger partial charge >= 0.3 is 0 Å². The first-order valence-corrected chi connectivity index (χ1v) is 6.17. The van der Waals surface area contributed by atoms with Gasteiger partial charge in [0.15, 0.2) is 11.5 Å². The Bertz CT molecular complexity index is 484. The summed E-state index contributed by atoms with van der Waals surface area (Å²) in [6.07, 6.45) is 2.34. The minimum Gasteiger partial charge on any atom is -0.454 e. The van der Waals surface area contributed by atoms with Crippen LogP contribution in [-0.4, -0.2) is 18.3 Å². The van der Waals surface area contributed by atoms with Gasteiger partial charge in [-0.15, -0.1) is 12.4 Å². The third-order valence-corrected chi connectivity index (χ3v) is 3.09. The Morgan fingerprint density at radius 1 is 1.30 bits per heavy atom. The average Bonchev–Trinajstić information content (AvgIpc) is 2.84. The molecule has 4 N–H and O–H groups in total. The molecule has 112 valence electrons. The van der Waals surface area contributed by atoms with Crippen LogP contribution in [0, 0.1) is 10.1 Å². The van der Waals surface area contributed by atoms with Crippen LogP contribution in [0.2, 0.25) is 0 Å². The number of halogens is 1. The minimum atomic E-state index is -0.444. The van der Waals surface area contributed by atoms with Gasteiger partial charge in [-0.1, -0.05) is 6.42 Å². The fourth-order valence-corrected chi connectivity index (χ4v) is 2.07. The Morgan fingerprint density at radius 3 is 2.55 bits per heavy atom. The summed E-state index contributed by atoms with van der Waals surface area (Å²) in [7, 11) is 0. The summed E-state index contributed by atoms with van der Waals surface area (Å²) in [6, 6.07) is 2.58. The van der Waals surface area contributed by atoms with Crippen LogP contribution in [0.1, 0.15) is 30.9 Å². The van der Waals surface area contributed by atoms with Crippen LogP contribution in [0.3, 0.4) is 0 Å². The van der Waals surface area contributed by atoms with E-state index < -0.39 is 11.0 Å². The van der Waals surface area contributed by atoms with Crippen LogP contribution < -0.4 is 20.9 Å². The van der Waals surface area contributed by atoms with E-state index in [2.05, 4.69) is 0 Å². The maximum absolute atomic E-state index is 11.1. The van der Waals surface area contributed by atoms with Crippen molar-refractivity contribution in [2.24, 2.45) is 11.5 Å². The summed E-state index contributed by atoms with van der Waals surface area (Å²) in [4.78, 5) is 10.6. The SMILES string of the molecule is Cl.NCCCC[C@H](N)c1cc2c(cc1[N+](=O)[O-])OCO2. The number of nitrogens with zero attached hydrogens (tertiary/aromatic N) is 1. The van der Waals surface area contributed by atoms with Crippen molar-refractivity contribution in [2.45, 2.75) is 25.3 Å². The Labute approximate surface area is 122 Å². The molecule has 0 spiro atoms. The second-order valence-electron chi connectivity index (χ2n) is 4.41. The molecule has 8 heteroatoms. The number of unbranched alkanes of at least 4 members (excludes halogenated alkanes) is 1. The summed E-state index contributed by atoms with van der Waals surface area (Å²) >= 11 is 0. The predicted molar refractivity (Wildman–Crippen MR) is 76.3 cm³/mol. The monoisotopic (exact) mass is 303 g/mol. The van der Waals surface area contributed by atoms with Crippen molar-refractivity contribution >= 4 is 18.1 Å². The molecule has 0 saturated carbocycles. The molecule has 20 heavy (non-hydrogen) atoms. The van der Waals surface area contributed by atoms with Crippen LogP contribution in [-0.2, 0) is 0 Å². The Hall–Kier alpha value is -1.57. The number of hydrogen-bond donors (Lipinski definition) is 2. The molecule has 0 fully saturated rings. The third-order valence-electron chi connectivity index (χ3n) is 3.09. The zero-order chi connectivity index (χ0) is 13.8. The summed E-state index contributed by atoms with van der Waals surface area (Å²) < 4.78 is 10.4. The van der Waals surface area contributed by atoms with Gasteiger partial charge < -0.3 is 20.9 Å². The smallest absolute Gasteiger partial charge is 0.278 e. The molecular weight excluding hydrogens is 286 g/mol. The molecule has 0 unspecified atom stereocenters. The molecule has 1 atom stereocenters. The Morgan fingerprint density at radius 2 is 1.95 bits per heavy atom. The molecule has 1 heterocycles. The van der Waals surface area contributed by atoms with Gasteiger partial charge in [0, 0.05) is 6.04 Å². The van der Waals surface area contributed by atoms with Crippen LogP contribution in [0.4, 0.5) is 5.69 Å². The first kappa shape index (κ1) is 16.5. The molecule has 0 saturated heterocycles. The molecule has 1 aliphatic heterocycles. The first-order chi connectivity index (χ1) is 9.13. The van der Waals surface area contributed by atoms with Gasteiger partial charge in [-0.05, 0) is 25.5 Å². The number of rotatable bonds is 6. The molecule has 0 aromatic heterocycles. The largest absolute Gasteiger partial charge is 0.454 e. The molecule has 1 aliphatic rings. The highest BCUT2D eigenvalue weighted by atomic mass is 35.5. The zero-order valence-electron chi connectivity index (χ0n) is 10.9. The maximum atomic E-state index is 11.1. The van der Waals surface area contributed by atoms with Gasteiger partial charge in [0.25, 0.3) is 5.69 Å². The number of benzene rings is 1. The van der Waals surface area contributed by atoms with Crippen molar-refractivity contribution < 1.29 is 14.4 Å². The van der Waals surface area contributed by atoms with Crippen LogP contribution in [0.5, 0.6) is 11.5 Å². The topological polar surface area (TPSA) is 114 Å². The van der Waals surface area contributed by atoms with Crippen molar-refractivity contribution in [3.8, 4) is 11.5 Å². The summed E-state index contributed by atoms with van der Waals surface area (Å²) in [5, 5.41) is 11.1. The van der Waals surface area contributed by atoms with Crippen LogP contribution in [0.15, 0.2) is 12.1 Å². The van der Waals surface area contributed by atoms with E-state index in [4.69, 9.17) is 20.9 Å².